The molecule has 2 aromatic heterocycles. The van der Waals surface area contributed by atoms with Gasteiger partial charge in [-0.15, -0.1) is 12.4 Å². The quantitative estimate of drug-likeness (QED) is 0.443. The first-order valence-electron chi connectivity index (χ1n) is 12.0. The van der Waals surface area contributed by atoms with Crippen LogP contribution in [0.25, 0.3) is 11.0 Å². The molecule has 0 bridgehead atoms. The summed E-state index contributed by atoms with van der Waals surface area (Å²) >= 11 is 0. The molecule has 4 N–H and O–H groups in total. The van der Waals surface area contributed by atoms with Crippen LogP contribution in [0.2, 0.25) is 0 Å². The van der Waals surface area contributed by atoms with Crippen molar-refractivity contribution >= 4 is 47.0 Å². The fourth-order valence-corrected chi connectivity index (χ4v) is 4.64. The molecular formula is C24H35ClN8O4. The minimum absolute atomic E-state index is 0. The maximum Gasteiger partial charge on any atom is 0.322 e. The second kappa shape index (κ2) is 13.3. The summed E-state index contributed by atoms with van der Waals surface area (Å²) in [7, 11) is 3.19. The smallest absolute Gasteiger partial charge is 0.322 e. The number of nitrogens with zero attached hydrogens (tertiary/aromatic N) is 6. The van der Waals surface area contributed by atoms with Crippen LogP contribution >= 0.6 is 12.4 Å². The molecule has 37 heavy (non-hydrogen) atoms. The Bertz CT molecular complexity index is 1150. The van der Waals surface area contributed by atoms with Crippen molar-refractivity contribution in [1.29, 1.82) is 5.26 Å². The van der Waals surface area contributed by atoms with Crippen LogP contribution in [-0.4, -0.2) is 82.6 Å². The normalized spacial score (nSPS) is 18.9. The largest absolute Gasteiger partial charge is 0.468 e. The zero-order valence-corrected chi connectivity index (χ0v) is 22.2. The summed E-state index contributed by atoms with van der Waals surface area (Å²) in [6.45, 7) is 3.24. The van der Waals surface area contributed by atoms with Gasteiger partial charge in [0.1, 0.15) is 24.6 Å². The van der Waals surface area contributed by atoms with Crippen molar-refractivity contribution in [2.75, 3.05) is 32.1 Å². The van der Waals surface area contributed by atoms with Crippen molar-refractivity contribution < 1.29 is 19.1 Å². The molecule has 0 aromatic carbocycles. The van der Waals surface area contributed by atoms with Crippen LogP contribution in [0.4, 0.5) is 5.82 Å². The number of hydrogen-bond acceptors (Lipinski definition) is 10. The summed E-state index contributed by atoms with van der Waals surface area (Å²) in [6, 6.07) is 2.16. The number of amides is 1. The van der Waals surface area contributed by atoms with Gasteiger partial charge in [-0.2, -0.15) is 5.26 Å². The molecule has 0 aliphatic carbocycles. The molecule has 13 heteroatoms. The first-order chi connectivity index (χ1) is 17.2. The maximum atomic E-state index is 13.1. The highest BCUT2D eigenvalue weighted by Crippen LogP contribution is 2.29. The lowest BCUT2D eigenvalue weighted by Crippen LogP contribution is -2.52. The second-order valence-corrected chi connectivity index (χ2v) is 9.24. The Balaban J connectivity index is 0.00000481. The van der Waals surface area contributed by atoms with Gasteiger partial charge in [0.15, 0.2) is 5.65 Å². The molecule has 1 amide bonds. The fraction of sp³-hybridized carbons (Fsp3) is 0.583. The second-order valence-electron chi connectivity index (χ2n) is 9.24. The first kappa shape index (κ1) is 30.0. The summed E-state index contributed by atoms with van der Waals surface area (Å²) in [6.07, 6.45) is 4.93. The van der Waals surface area contributed by atoms with Crippen molar-refractivity contribution in [3.8, 4) is 6.07 Å². The van der Waals surface area contributed by atoms with Gasteiger partial charge < -0.3 is 26.0 Å². The number of likely N-dealkylation sites (N-methyl/N-ethyl adjacent to an activating group) is 1. The van der Waals surface area contributed by atoms with Gasteiger partial charge in [-0.25, -0.2) is 9.97 Å². The van der Waals surface area contributed by atoms with E-state index in [0.717, 1.165) is 6.42 Å². The van der Waals surface area contributed by atoms with E-state index in [0.29, 0.717) is 55.1 Å². The number of hydrogen-bond donors (Lipinski definition) is 2. The number of nitrogens with two attached hydrogens (primary N) is 2. The molecule has 1 unspecified atom stereocenters. The number of ether oxygens (including phenoxy) is 1. The number of aromatic nitrogens is 3. The number of rotatable bonds is 9. The molecular weight excluding hydrogens is 500 g/mol. The van der Waals surface area contributed by atoms with Crippen molar-refractivity contribution in [1.82, 2.24) is 19.4 Å². The molecule has 202 valence electrons. The lowest BCUT2D eigenvalue weighted by molar-refractivity contribution is -0.142. The lowest BCUT2D eigenvalue weighted by atomic mass is 9.92. The average molecular weight is 535 g/mol. The molecule has 1 fully saturated rings. The topological polar surface area (TPSA) is 173 Å². The van der Waals surface area contributed by atoms with Crippen molar-refractivity contribution in [2.45, 2.75) is 57.2 Å². The molecule has 2 aromatic rings. The number of methoxy groups -OCH3 is 1. The molecule has 1 aliphatic heterocycles. The Kier molecular flexibility index (Phi) is 10.8. The van der Waals surface area contributed by atoms with E-state index in [-0.39, 0.29) is 36.7 Å². The number of carbonyl (C=O) groups is 3. The third-order valence-corrected chi connectivity index (χ3v) is 6.88. The van der Waals surface area contributed by atoms with Crippen molar-refractivity contribution in [3.05, 3.63) is 18.6 Å². The maximum absolute atomic E-state index is 13.1. The zero-order chi connectivity index (χ0) is 26.4. The van der Waals surface area contributed by atoms with E-state index in [4.69, 9.17) is 16.7 Å². The van der Waals surface area contributed by atoms with Gasteiger partial charge in [0.25, 0.3) is 0 Å². The van der Waals surface area contributed by atoms with Gasteiger partial charge in [0, 0.05) is 26.3 Å². The predicted molar refractivity (Wildman–Crippen MR) is 140 cm³/mol. The van der Waals surface area contributed by atoms with E-state index in [2.05, 4.69) is 21.6 Å². The van der Waals surface area contributed by atoms with Crippen LogP contribution in [0.1, 0.15) is 43.8 Å². The number of nitriles is 1. The van der Waals surface area contributed by atoms with E-state index in [9.17, 15) is 14.4 Å². The highest BCUT2D eigenvalue weighted by molar-refractivity contribution is 5.97. The molecule has 4 atom stereocenters. The minimum Gasteiger partial charge on any atom is -0.468 e. The first-order valence-corrected chi connectivity index (χ1v) is 12.0. The number of piperidine rings is 1. The summed E-state index contributed by atoms with van der Waals surface area (Å²) in [5.41, 5.74) is 12.4. The van der Waals surface area contributed by atoms with Gasteiger partial charge >= 0.3 is 5.97 Å². The van der Waals surface area contributed by atoms with Crippen molar-refractivity contribution in [2.24, 2.45) is 17.4 Å². The number of carbonyl (C=O) groups excluding carboxylic acids is 3. The van der Waals surface area contributed by atoms with E-state index in [1.807, 2.05) is 18.0 Å². The lowest BCUT2D eigenvalue weighted by Gasteiger charge is -2.42. The molecule has 3 heterocycles. The van der Waals surface area contributed by atoms with E-state index in [1.165, 1.54) is 18.0 Å². The van der Waals surface area contributed by atoms with Crippen LogP contribution in [0.3, 0.4) is 0 Å². The number of fused-ring (bicyclic) bond motifs is 1. The molecule has 0 radical (unpaired) electrons. The van der Waals surface area contributed by atoms with Gasteiger partial charge in [-0.1, -0.05) is 6.92 Å². The Morgan fingerprint density at radius 3 is 2.65 bits per heavy atom. The van der Waals surface area contributed by atoms with Crippen LogP contribution in [0.15, 0.2) is 18.6 Å². The van der Waals surface area contributed by atoms with Crippen LogP contribution in [0, 0.1) is 17.2 Å². The third-order valence-electron chi connectivity index (χ3n) is 6.88. The SMILES string of the molecule is COC(=O)[C@@H](N)CCCC(N)C(=O)n1ccc2c(N(C)[C@H]3CN(C(=O)CC#N)CC[C@H]3C)ncnc21.Cl. The third kappa shape index (κ3) is 6.74. The monoisotopic (exact) mass is 534 g/mol. The van der Waals surface area contributed by atoms with Gasteiger partial charge in [0.2, 0.25) is 11.8 Å². The molecule has 1 aliphatic rings. The average Bonchev–Trinajstić information content (AvgIpc) is 3.31. The van der Waals surface area contributed by atoms with E-state index < -0.39 is 18.1 Å². The summed E-state index contributed by atoms with van der Waals surface area (Å²) in [5, 5.41) is 9.59. The number of anilines is 1. The molecule has 1 saturated heterocycles. The van der Waals surface area contributed by atoms with Crippen molar-refractivity contribution in [3.63, 3.8) is 0 Å². The Morgan fingerprint density at radius 2 is 1.97 bits per heavy atom. The Morgan fingerprint density at radius 1 is 1.27 bits per heavy atom. The van der Waals surface area contributed by atoms with Crippen LogP contribution in [0.5, 0.6) is 0 Å². The summed E-state index contributed by atoms with van der Waals surface area (Å²) in [4.78, 5) is 49.4. The van der Waals surface area contributed by atoms with E-state index in [1.54, 1.807) is 17.2 Å². The van der Waals surface area contributed by atoms with Gasteiger partial charge in [-0.3, -0.25) is 19.0 Å². The van der Waals surface area contributed by atoms with Gasteiger partial charge in [-0.05, 0) is 37.7 Å². The highest BCUT2D eigenvalue weighted by atomic mass is 35.5. The molecule has 0 spiro atoms. The number of esters is 1. The summed E-state index contributed by atoms with van der Waals surface area (Å²) < 4.78 is 6.04. The fourth-order valence-electron chi connectivity index (χ4n) is 4.64. The predicted octanol–water partition coefficient (Wildman–Crippen LogP) is 1.08. The zero-order valence-electron chi connectivity index (χ0n) is 21.4. The highest BCUT2D eigenvalue weighted by Gasteiger charge is 2.33. The number of likely N-dealkylation sites (tertiary alicyclic amines) is 1. The van der Waals surface area contributed by atoms with Crippen LogP contribution in [-0.2, 0) is 14.3 Å². The molecule has 3 rings (SSSR count). The van der Waals surface area contributed by atoms with Gasteiger partial charge in [0.05, 0.1) is 30.6 Å². The minimum atomic E-state index is -0.792. The standard InChI is InChI=1S/C24H34N8O4.ClH/c1-15-8-11-31(20(33)7-10-25)13-19(15)30(2)21-16-9-12-32(22(16)29-14-28-21)23(34)17(26)5-4-6-18(27)24(35)36-3;/h9,12,14-15,17-19H,4-8,11,13,26-27H2,1-3H3;1H/t15-,17?,18+,19+;/m1./s1. The Hall–Kier alpha value is -3.27. The molecule has 12 nitrogen and oxygen atoms in total. The van der Waals surface area contributed by atoms with Crippen LogP contribution < -0.4 is 16.4 Å². The summed E-state index contributed by atoms with van der Waals surface area (Å²) in [5.74, 6) is -0.0445. The molecule has 0 saturated carbocycles. The number of halogens is 1. The Labute approximate surface area is 222 Å². The van der Waals surface area contributed by atoms with E-state index >= 15 is 0 Å².